The summed E-state index contributed by atoms with van der Waals surface area (Å²) >= 11 is 0. The van der Waals surface area contributed by atoms with Gasteiger partial charge in [-0.2, -0.15) is 4.68 Å². The topological polar surface area (TPSA) is 127 Å². The molecule has 1 spiro atoms. The minimum Gasteiger partial charge on any atom is -0.457 e. The first-order valence-corrected chi connectivity index (χ1v) is 12.2. The lowest BCUT2D eigenvalue weighted by molar-refractivity contribution is -0.0443. The number of aliphatic hydroxyl groups excluding tert-OH is 1. The second-order valence-corrected chi connectivity index (χ2v) is 9.79. The molecule has 0 bridgehead atoms. The maximum atomic E-state index is 13.2. The summed E-state index contributed by atoms with van der Waals surface area (Å²) in [5.74, 6) is -0.350. The van der Waals surface area contributed by atoms with E-state index in [1.54, 1.807) is 24.4 Å². The first-order chi connectivity index (χ1) is 17.4. The average molecular weight is 490 g/mol. The number of benzene rings is 1. The summed E-state index contributed by atoms with van der Waals surface area (Å²) < 4.78 is 6.63. The van der Waals surface area contributed by atoms with Gasteiger partial charge in [0.1, 0.15) is 18.6 Å². The summed E-state index contributed by atoms with van der Waals surface area (Å²) in [6.45, 7) is 5.06. The molecular weight excluding hydrogens is 462 g/mol. The Morgan fingerprint density at radius 3 is 2.64 bits per heavy atom. The molecule has 2 saturated heterocycles. The number of cyclic esters (lactones) is 1. The molecule has 2 aromatic heterocycles. The number of tetrazole rings is 1. The molecule has 1 aromatic carbocycles. The van der Waals surface area contributed by atoms with Crippen LogP contribution in [-0.4, -0.2) is 83.7 Å². The van der Waals surface area contributed by atoms with Crippen LogP contribution >= 0.6 is 0 Å². The number of carbonyl (C=O) groups is 2. The van der Waals surface area contributed by atoms with Crippen LogP contribution < -0.4 is 0 Å². The molecule has 3 aliphatic rings. The summed E-state index contributed by atoms with van der Waals surface area (Å²) in [7, 11) is 0. The van der Waals surface area contributed by atoms with Crippen molar-refractivity contribution in [2.75, 3.05) is 26.2 Å². The highest BCUT2D eigenvalue weighted by molar-refractivity contribution is 5.94. The summed E-state index contributed by atoms with van der Waals surface area (Å²) in [5, 5.41) is 22.1. The summed E-state index contributed by atoms with van der Waals surface area (Å²) in [6, 6.07) is 7.09. The molecule has 1 amide bonds. The Bertz CT molecular complexity index is 1300. The Kier molecular flexibility index (Phi) is 5.53. The molecule has 1 unspecified atom stereocenters. The molecule has 0 radical (unpaired) electrons. The van der Waals surface area contributed by atoms with Crippen LogP contribution in [0.2, 0.25) is 0 Å². The highest BCUT2D eigenvalue weighted by atomic mass is 16.5. The maximum Gasteiger partial charge on any atom is 0.338 e. The summed E-state index contributed by atoms with van der Waals surface area (Å²) in [4.78, 5) is 33.6. The zero-order valence-electron chi connectivity index (χ0n) is 20.0. The van der Waals surface area contributed by atoms with E-state index in [0.717, 1.165) is 55.6 Å². The van der Waals surface area contributed by atoms with Crippen LogP contribution in [0.5, 0.6) is 0 Å². The van der Waals surface area contributed by atoms with E-state index in [9.17, 15) is 14.7 Å². The van der Waals surface area contributed by atoms with E-state index >= 15 is 0 Å². The van der Waals surface area contributed by atoms with Crippen molar-refractivity contribution in [2.24, 2.45) is 0 Å². The lowest BCUT2D eigenvalue weighted by Crippen LogP contribution is -2.66. The maximum absolute atomic E-state index is 13.2. The second kappa shape index (κ2) is 8.75. The van der Waals surface area contributed by atoms with Gasteiger partial charge < -0.3 is 19.6 Å². The number of esters is 1. The van der Waals surface area contributed by atoms with Gasteiger partial charge in [0, 0.05) is 37.3 Å². The van der Waals surface area contributed by atoms with Gasteiger partial charge in [0.05, 0.1) is 23.6 Å². The Balaban J connectivity index is 1.08. The normalized spacial score (nSPS) is 19.6. The Morgan fingerprint density at radius 1 is 1.17 bits per heavy atom. The fraction of sp³-hybridized carbons (Fsp3) is 0.440. The number of likely N-dealkylation sites (tertiary alicyclic amines) is 2. The van der Waals surface area contributed by atoms with E-state index < -0.39 is 6.10 Å². The van der Waals surface area contributed by atoms with E-state index in [-0.39, 0.29) is 24.0 Å². The van der Waals surface area contributed by atoms with Crippen molar-refractivity contribution in [1.29, 1.82) is 0 Å². The average Bonchev–Trinajstić information content (AvgIpc) is 3.55. The number of carbonyl (C=O) groups excluding carboxylic acids is 2. The van der Waals surface area contributed by atoms with Gasteiger partial charge in [-0.05, 0) is 65.9 Å². The Hall–Kier alpha value is -3.70. The first kappa shape index (κ1) is 22.7. The highest BCUT2D eigenvalue weighted by Crippen LogP contribution is 2.41. The lowest BCUT2D eigenvalue weighted by Gasteiger charge is -2.56. The highest BCUT2D eigenvalue weighted by Gasteiger charge is 2.49. The fourth-order valence-electron chi connectivity index (χ4n) is 5.67. The van der Waals surface area contributed by atoms with Crippen molar-refractivity contribution in [3.8, 4) is 5.69 Å². The van der Waals surface area contributed by atoms with Gasteiger partial charge in [0.15, 0.2) is 0 Å². The number of ether oxygens (including phenoxy) is 1. The van der Waals surface area contributed by atoms with Crippen LogP contribution in [0, 0.1) is 6.92 Å². The van der Waals surface area contributed by atoms with Gasteiger partial charge in [-0.1, -0.05) is 6.07 Å². The molecule has 5 heterocycles. The molecule has 11 nitrogen and oxygen atoms in total. The smallest absolute Gasteiger partial charge is 0.338 e. The number of amides is 1. The van der Waals surface area contributed by atoms with Crippen molar-refractivity contribution in [3.63, 3.8) is 0 Å². The monoisotopic (exact) mass is 489 g/mol. The van der Waals surface area contributed by atoms with Gasteiger partial charge in [0.2, 0.25) is 0 Å². The largest absolute Gasteiger partial charge is 0.457 e. The van der Waals surface area contributed by atoms with Crippen molar-refractivity contribution in [2.45, 2.75) is 44.4 Å². The van der Waals surface area contributed by atoms with Crippen molar-refractivity contribution < 1.29 is 19.4 Å². The number of nitrogens with zero attached hydrogens (tertiary/aromatic N) is 7. The van der Waals surface area contributed by atoms with Gasteiger partial charge >= 0.3 is 5.97 Å². The third-order valence-electron chi connectivity index (χ3n) is 7.98. The van der Waals surface area contributed by atoms with Gasteiger partial charge in [0.25, 0.3) is 5.91 Å². The Labute approximate surface area is 207 Å². The number of rotatable bonds is 5. The molecule has 186 valence electrons. The molecular formula is C25H27N7O4. The van der Waals surface area contributed by atoms with E-state index in [2.05, 4.69) is 25.4 Å². The minimum absolute atomic E-state index is 0.0523. The zero-order valence-corrected chi connectivity index (χ0v) is 20.0. The van der Waals surface area contributed by atoms with Crippen molar-refractivity contribution in [1.82, 2.24) is 35.0 Å². The third-order valence-corrected chi connectivity index (χ3v) is 7.98. The number of hydrogen-bond donors (Lipinski definition) is 1. The van der Waals surface area contributed by atoms with Crippen molar-refractivity contribution >= 4 is 11.9 Å². The third kappa shape index (κ3) is 3.75. The number of hydrogen-bond acceptors (Lipinski definition) is 9. The first-order valence-electron chi connectivity index (χ1n) is 12.2. The van der Waals surface area contributed by atoms with Crippen LogP contribution in [0.3, 0.4) is 0 Å². The van der Waals surface area contributed by atoms with Crippen LogP contribution in [-0.2, 0) is 11.3 Å². The van der Waals surface area contributed by atoms with Crippen molar-refractivity contribution in [3.05, 3.63) is 64.7 Å². The van der Waals surface area contributed by atoms with Gasteiger partial charge in [-0.25, -0.2) is 9.78 Å². The van der Waals surface area contributed by atoms with E-state index in [4.69, 9.17) is 4.74 Å². The van der Waals surface area contributed by atoms with E-state index in [0.29, 0.717) is 23.5 Å². The zero-order chi connectivity index (χ0) is 24.9. The minimum atomic E-state index is -0.651. The van der Waals surface area contributed by atoms with Gasteiger partial charge in [-0.15, -0.1) is 5.10 Å². The molecule has 6 rings (SSSR count). The fourth-order valence-corrected chi connectivity index (χ4v) is 5.67. The number of aliphatic hydroxyl groups is 1. The predicted octanol–water partition coefficient (Wildman–Crippen LogP) is 1.45. The quantitative estimate of drug-likeness (QED) is 0.530. The summed E-state index contributed by atoms with van der Waals surface area (Å²) in [5.41, 5.74) is 4.20. The van der Waals surface area contributed by atoms with Crippen LogP contribution in [0.15, 0.2) is 36.8 Å². The molecule has 3 aromatic rings. The van der Waals surface area contributed by atoms with Crippen LogP contribution in [0.25, 0.3) is 5.69 Å². The molecule has 11 heteroatoms. The summed E-state index contributed by atoms with van der Waals surface area (Å²) in [6.07, 6.45) is 5.13. The molecule has 1 N–H and O–H groups in total. The van der Waals surface area contributed by atoms with E-state index in [1.165, 1.54) is 11.0 Å². The Morgan fingerprint density at radius 2 is 1.97 bits per heavy atom. The number of aromatic nitrogens is 5. The number of fused-ring (bicyclic) bond motifs is 1. The lowest BCUT2D eigenvalue weighted by atomic mass is 9.76. The molecule has 0 aliphatic carbocycles. The SMILES string of the molecule is Cc1c(C(O)CN2CCC3(CC2)CCN3C(=O)c2ccc(-n3cnnn3)cn2)ccc2c1COC2=O. The molecule has 1 atom stereocenters. The standard InChI is InChI=1S/C25H27N7O4/c1-16-18(3-4-19-20(16)14-36-24(19)35)22(33)13-30-9-6-25(7-10-30)8-11-31(25)23(34)21-5-2-17(12-26-21)32-15-27-28-29-32/h2-5,12,15,22,33H,6-11,13-14H2,1H3. The second-order valence-electron chi connectivity index (χ2n) is 9.79. The van der Waals surface area contributed by atoms with Crippen LogP contribution in [0.4, 0.5) is 0 Å². The number of pyridine rings is 1. The predicted molar refractivity (Wildman–Crippen MR) is 126 cm³/mol. The molecule has 36 heavy (non-hydrogen) atoms. The number of piperidine rings is 1. The van der Waals surface area contributed by atoms with E-state index in [1.807, 2.05) is 17.9 Å². The number of β-amino-alcohol motifs (C(OH)–C–C–N with tert-alkyl or cyclic N) is 1. The van der Waals surface area contributed by atoms with Gasteiger partial charge in [-0.3, -0.25) is 4.79 Å². The van der Waals surface area contributed by atoms with Crippen LogP contribution in [0.1, 0.15) is 62.9 Å². The molecule has 0 saturated carbocycles. The molecule has 3 aliphatic heterocycles. The molecule has 2 fully saturated rings.